The molecule has 1 aliphatic carbocycles. The van der Waals surface area contributed by atoms with Gasteiger partial charge < -0.3 is 15.2 Å². The molecule has 0 saturated heterocycles. The summed E-state index contributed by atoms with van der Waals surface area (Å²) < 4.78 is 0. The number of rotatable bonds is 3. The monoisotopic (exact) mass is 440 g/mol. The number of amides is 2. The number of carbonyl (C=O) groups is 2. The molecular formula is C25H20N4O4. The van der Waals surface area contributed by atoms with Crippen molar-refractivity contribution in [2.24, 2.45) is 0 Å². The second-order valence-corrected chi connectivity index (χ2v) is 8.39. The van der Waals surface area contributed by atoms with Gasteiger partial charge in [-0.25, -0.2) is 9.78 Å². The Morgan fingerprint density at radius 2 is 1.91 bits per heavy atom. The van der Waals surface area contributed by atoms with Crippen molar-refractivity contribution in [1.82, 2.24) is 14.9 Å². The zero-order valence-corrected chi connectivity index (χ0v) is 17.4. The van der Waals surface area contributed by atoms with Crippen molar-refractivity contribution in [1.29, 1.82) is 0 Å². The first-order valence-corrected chi connectivity index (χ1v) is 10.7. The van der Waals surface area contributed by atoms with Crippen LogP contribution in [-0.2, 0) is 12.1 Å². The SMILES string of the molecule is O=C(O)Nc1nc2ccc(C3(O)c4ccccc4C(=O)N3C3CCc4ccccc43)cc2[nH]1. The molecule has 0 saturated carbocycles. The van der Waals surface area contributed by atoms with Crippen LogP contribution < -0.4 is 5.32 Å². The van der Waals surface area contributed by atoms with Crippen molar-refractivity contribution in [2.45, 2.75) is 24.6 Å². The highest BCUT2D eigenvalue weighted by atomic mass is 16.4. The van der Waals surface area contributed by atoms with Gasteiger partial charge in [0.05, 0.1) is 17.1 Å². The summed E-state index contributed by atoms with van der Waals surface area (Å²) in [6.07, 6.45) is 0.329. The molecule has 4 N–H and O–H groups in total. The zero-order chi connectivity index (χ0) is 22.7. The van der Waals surface area contributed by atoms with Gasteiger partial charge in [-0.05, 0) is 42.2 Å². The summed E-state index contributed by atoms with van der Waals surface area (Å²) in [5.41, 5.74) is 3.15. The average molecular weight is 440 g/mol. The van der Waals surface area contributed by atoms with Crippen LogP contribution in [0.3, 0.4) is 0 Å². The molecule has 2 atom stereocenters. The smallest absolute Gasteiger partial charge is 0.411 e. The standard InChI is InChI=1S/C25H20N4O4/c30-22-17-7-3-4-8-18(17)25(33,29(22)21-12-9-14-5-1-2-6-16(14)21)15-10-11-19-20(13-15)27-23(26-19)28-24(31)32/h1-8,10-11,13,21,33H,9,12H2,(H,31,32)(H2,26,27,28). The maximum atomic E-state index is 13.6. The number of benzene rings is 3. The normalized spacial score (nSPS) is 21.3. The number of carboxylic acid groups (broad SMARTS) is 1. The number of nitrogens with zero attached hydrogens (tertiary/aromatic N) is 2. The molecule has 1 aromatic heterocycles. The Kier molecular flexibility index (Phi) is 4.09. The van der Waals surface area contributed by atoms with E-state index in [1.807, 2.05) is 24.3 Å². The highest BCUT2D eigenvalue weighted by Crippen LogP contribution is 2.50. The molecule has 0 spiro atoms. The lowest BCUT2D eigenvalue weighted by Gasteiger charge is -2.39. The maximum Gasteiger partial charge on any atom is 0.411 e. The summed E-state index contributed by atoms with van der Waals surface area (Å²) in [5.74, 6) is -0.126. The van der Waals surface area contributed by atoms with E-state index in [4.69, 9.17) is 5.11 Å². The Morgan fingerprint density at radius 1 is 1.12 bits per heavy atom. The maximum absolute atomic E-state index is 13.6. The molecule has 0 bridgehead atoms. The van der Waals surface area contributed by atoms with E-state index in [1.54, 1.807) is 41.3 Å². The minimum absolute atomic E-state index is 0.0890. The first-order valence-electron chi connectivity index (χ1n) is 10.7. The Bertz CT molecular complexity index is 1450. The van der Waals surface area contributed by atoms with Crippen LogP contribution in [0.5, 0.6) is 0 Å². The van der Waals surface area contributed by atoms with Crippen molar-refractivity contribution in [3.63, 3.8) is 0 Å². The van der Waals surface area contributed by atoms with Gasteiger partial charge in [0.2, 0.25) is 5.95 Å². The number of nitrogens with one attached hydrogen (secondary N) is 2. The van der Waals surface area contributed by atoms with E-state index in [9.17, 15) is 14.7 Å². The van der Waals surface area contributed by atoms with Crippen molar-refractivity contribution in [3.05, 3.63) is 94.5 Å². The number of hydrogen-bond donors (Lipinski definition) is 4. The number of fused-ring (bicyclic) bond motifs is 3. The van der Waals surface area contributed by atoms with E-state index in [2.05, 4.69) is 21.4 Å². The van der Waals surface area contributed by atoms with Crippen LogP contribution in [0.4, 0.5) is 10.7 Å². The molecule has 4 aromatic rings. The Balaban J connectivity index is 1.53. The number of aryl methyl sites for hydroxylation is 1. The van der Waals surface area contributed by atoms with Gasteiger partial charge in [-0.2, -0.15) is 0 Å². The topological polar surface area (TPSA) is 119 Å². The van der Waals surface area contributed by atoms with Gasteiger partial charge in [-0.3, -0.25) is 15.0 Å². The molecule has 2 amide bonds. The third-order valence-electron chi connectivity index (χ3n) is 6.62. The van der Waals surface area contributed by atoms with Crippen LogP contribution in [-0.4, -0.2) is 37.1 Å². The minimum Gasteiger partial charge on any atom is -0.465 e. The zero-order valence-electron chi connectivity index (χ0n) is 17.4. The predicted octanol–water partition coefficient (Wildman–Crippen LogP) is 3.99. The first kappa shape index (κ1) is 19.5. The number of aromatic amines is 1. The van der Waals surface area contributed by atoms with E-state index in [1.165, 1.54) is 5.56 Å². The second kappa shape index (κ2) is 6.91. The number of anilines is 1. The number of carbonyl (C=O) groups excluding carboxylic acids is 1. The second-order valence-electron chi connectivity index (χ2n) is 8.39. The van der Waals surface area contributed by atoms with E-state index >= 15 is 0 Å². The van der Waals surface area contributed by atoms with Gasteiger partial charge in [0, 0.05) is 16.7 Å². The van der Waals surface area contributed by atoms with Crippen LogP contribution in [0, 0.1) is 0 Å². The Hall–Kier alpha value is -4.17. The largest absolute Gasteiger partial charge is 0.465 e. The van der Waals surface area contributed by atoms with Crippen LogP contribution in [0.15, 0.2) is 66.7 Å². The number of aromatic nitrogens is 2. The molecule has 0 radical (unpaired) electrons. The minimum atomic E-state index is -1.69. The number of hydrogen-bond acceptors (Lipinski definition) is 4. The fraction of sp³-hybridized carbons (Fsp3) is 0.160. The third-order valence-corrected chi connectivity index (χ3v) is 6.62. The Labute approximate surface area is 188 Å². The molecule has 2 unspecified atom stereocenters. The summed E-state index contributed by atoms with van der Waals surface area (Å²) >= 11 is 0. The van der Waals surface area contributed by atoms with Crippen LogP contribution in [0.25, 0.3) is 11.0 Å². The Morgan fingerprint density at radius 3 is 2.76 bits per heavy atom. The van der Waals surface area contributed by atoms with Crippen molar-refractivity contribution in [2.75, 3.05) is 5.32 Å². The van der Waals surface area contributed by atoms with E-state index in [-0.39, 0.29) is 17.9 Å². The van der Waals surface area contributed by atoms with Crippen molar-refractivity contribution >= 4 is 29.0 Å². The molecule has 8 nitrogen and oxygen atoms in total. The van der Waals surface area contributed by atoms with Crippen LogP contribution in [0.2, 0.25) is 0 Å². The fourth-order valence-electron chi connectivity index (χ4n) is 5.23. The van der Waals surface area contributed by atoms with Crippen LogP contribution >= 0.6 is 0 Å². The fourth-order valence-corrected chi connectivity index (χ4v) is 5.23. The van der Waals surface area contributed by atoms with Gasteiger partial charge >= 0.3 is 6.09 Å². The highest BCUT2D eigenvalue weighted by molar-refractivity contribution is 6.01. The summed E-state index contributed by atoms with van der Waals surface area (Å²) in [6.45, 7) is 0. The molecule has 3 aromatic carbocycles. The summed E-state index contributed by atoms with van der Waals surface area (Å²) in [7, 11) is 0. The molecule has 6 rings (SSSR count). The van der Waals surface area contributed by atoms with E-state index in [0.29, 0.717) is 27.7 Å². The van der Waals surface area contributed by atoms with E-state index in [0.717, 1.165) is 18.4 Å². The molecule has 2 aliphatic rings. The molecular weight excluding hydrogens is 420 g/mol. The van der Waals surface area contributed by atoms with Gasteiger partial charge in [0.25, 0.3) is 5.91 Å². The predicted molar refractivity (Wildman–Crippen MR) is 121 cm³/mol. The lowest BCUT2D eigenvalue weighted by atomic mass is 9.92. The average Bonchev–Trinajstić information content (AvgIpc) is 3.47. The van der Waals surface area contributed by atoms with Gasteiger partial charge in [-0.1, -0.05) is 48.5 Å². The molecule has 8 heteroatoms. The van der Waals surface area contributed by atoms with Gasteiger partial charge in [0.1, 0.15) is 0 Å². The molecule has 1 aliphatic heterocycles. The van der Waals surface area contributed by atoms with E-state index < -0.39 is 11.8 Å². The van der Waals surface area contributed by atoms with Gasteiger partial charge in [0.15, 0.2) is 5.72 Å². The van der Waals surface area contributed by atoms with Crippen molar-refractivity contribution < 1.29 is 19.8 Å². The summed E-state index contributed by atoms with van der Waals surface area (Å²) in [4.78, 5) is 33.4. The first-order chi connectivity index (χ1) is 16.0. The highest BCUT2D eigenvalue weighted by Gasteiger charge is 2.53. The number of aliphatic hydroxyl groups is 1. The third kappa shape index (κ3) is 2.77. The molecule has 0 fully saturated rings. The molecule has 2 heterocycles. The van der Waals surface area contributed by atoms with Crippen LogP contribution in [0.1, 0.15) is 45.1 Å². The lowest BCUT2D eigenvalue weighted by Crippen LogP contribution is -2.46. The molecule has 33 heavy (non-hydrogen) atoms. The lowest BCUT2D eigenvalue weighted by molar-refractivity contribution is -0.0705. The molecule has 164 valence electrons. The van der Waals surface area contributed by atoms with Crippen molar-refractivity contribution in [3.8, 4) is 0 Å². The summed E-state index contributed by atoms with van der Waals surface area (Å²) in [6, 6.07) is 20.1. The quantitative estimate of drug-likeness (QED) is 0.384. The number of imidazole rings is 1. The summed E-state index contributed by atoms with van der Waals surface area (Å²) in [5, 5.41) is 23.5. The number of H-pyrrole nitrogens is 1. The van der Waals surface area contributed by atoms with Gasteiger partial charge in [-0.15, -0.1) is 0 Å².